The lowest BCUT2D eigenvalue weighted by Crippen LogP contribution is -2.38. The van der Waals surface area contributed by atoms with Crippen molar-refractivity contribution in [2.24, 2.45) is 17.6 Å². The molecule has 0 saturated heterocycles. The van der Waals surface area contributed by atoms with E-state index in [-0.39, 0.29) is 11.5 Å². The monoisotopic (exact) mass is 213 g/mol. The molecule has 0 aromatic heterocycles. The van der Waals surface area contributed by atoms with Gasteiger partial charge in [0.1, 0.15) is 5.67 Å². The second-order valence-corrected chi connectivity index (χ2v) is 6.28. The van der Waals surface area contributed by atoms with Crippen LogP contribution < -0.4 is 5.73 Å². The van der Waals surface area contributed by atoms with Gasteiger partial charge in [0.05, 0.1) is 0 Å². The van der Waals surface area contributed by atoms with Gasteiger partial charge in [0.15, 0.2) is 0 Å². The minimum absolute atomic E-state index is 0.00336. The fourth-order valence-electron chi connectivity index (χ4n) is 3.13. The summed E-state index contributed by atoms with van der Waals surface area (Å²) in [5.74, 6) is 0.776. The Morgan fingerprint density at radius 3 is 2.27 bits per heavy atom. The van der Waals surface area contributed by atoms with E-state index >= 15 is 0 Å². The number of rotatable bonds is 4. The minimum atomic E-state index is -1.05. The highest BCUT2D eigenvalue weighted by atomic mass is 19.1. The molecule has 1 unspecified atom stereocenters. The van der Waals surface area contributed by atoms with Crippen molar-refractivity contribution in [1.29, 1.82) is 0 Å². The Kier molecular flexibility index (Phi) is 2.83. The zero-order chi connectivity index (χ0) is 11.1. The molecule has 1 atom stereocenters. The quantitative estimate of drug-likeness (QED) is 0.760. The highest BCUT2D eigenvalue weighted by Gasteiger charge is 2.46. The number of hydrogen-bond acceptors (Lipinski definition) is 1. The maximum absolute atomic E-state index is 14.2. The van der Waals surface area contributed by atoms with Crippen molar-refractivity contribution in [3.8, 4) is 0 Å². The van der Waals surface area contributed by atoms with E-state index in [1.165, 1.54) is 25.7 Å². The molecule has 2 aliphatic rings. The van der Waals surface area contributed by atoms with Gasteiger partial charge in [0.25, 0.3) is 0 Å². The second-order valence-electron chi connectivity index (χ2n) is 6.28. The van der Waals surface area contributed by atoms with Gasteiger partial charge in [-0.15, -0.1) is 0 Å². The molecule has 2 N–H and O–H groups in total. The largest absolute Gasteiger partial charge is 0.325 e. The summed E-state index contributed by atoms with van der Waals surface area (Å²) in [7, 11) is 0. The van der Waals surface area contributed by atoms with Crippen LogP contribution in [0, 0.1) is 11.8 Å². The second kappa shape index (κ2) is 3.73. The fraction of sp³-hybridized carbons (Fsp3) is 1.00. The van der Waals surface area contributed by atoms with Gasteiger partial charge in [-0.25, -0.2) is 4.39 Å². The van der Waals surface area contributed by atoms with E-state index in [2.05, 4.69) is 0 Å². The van der Waals surface area contributed by atoms with Crippen molar-refractivity contribution in [2.45, 2.75) is 70.0 Å². The normalized spacial score (nSPS) is 28.0. The van der Waals surface area contributed by atoms with Crippen LogP contribution in [-0.2, 0) is 0 Å². The molecule has 0 aromatic carbocycles. The van der Waals surface area contributed by atoms with Crippen LogP contribution in [-0.4, -0.2) is 11.2 Å². The first-order chi connectivity index (χ1) is 6.91. The first-order valence-electron chi connectivity index (χ1n) is 6.39. The topological polar surface area (TPSA) is 26.0 Å². The number of nitrogens with two attached hydrogens (primary N) is 1. The third-order valence-corrected chi connectivity index (χ3v) is 4.37. The molecule has 2 fully saturated rings. The van der Waals surface area contributed by atoms with Crippen molar-refractivity contribution in [3.63, 3.8) is 0 Å². The van der Waals surface area contributed by atoms with Gasteiger partial charge in [0.2, 0.25) is 0 Å². The SMILES string of the molecule is CC(C)(F)C(CC1(N)CC1)C1CCCC1. The summed E-state index contributed by atoms with van der Waals surface area (Å²) in [5.41, 5.74) is 5.09. The molecular weight excluding hydrogens is 189 g/mol. The van der Waals surface area contributed by atoms with Gasteiger partial charge < -0.3 is 5.73 Å². The third-order valence-electron chi connectivity index (χ3n) is 4.37. The summed E-state index contributed by atoms with van der Waals surface area (Å²) >= 11 is 0. The molecule has 2 saturated carbocycles. The van der Waals surface area contributed by atoms with Gasteiger partial charge in [-0.2, -0.15) is 0 Å². The Labute approximate surface area is 92.6 Å². The first kappa shape index (κ1) is 11.4. The van der Waals surface area contributed by atoms with Crippen LogP contribution in [0.3, 0.4) is 0 Å². The molecule has 2 rings (SSSR count). The molecule has 0 aliphatic heterocycles. The zero-order valence-corrected chi connectivity index (χ0v) is 10.1. The highest BCUT2D eigenvalue weighted by Crippen LogP contribution is 2.47. The molecule has 0 amide bonds. The van der Waals surface area contributed by atoms with Crippen LogP contribution in [0.25, 0.3) is 0 Å². The summed E-state index contributed by atoms with van der Waals surface area (Å²) < 4.78 is 14.2. The van der Waals surface area contributed by atoms with Crippen LogP contribution in [0.4, 0.5) is 4.39 Å². The van der Waals surface area contributed by atoms with Crippen LogP contribution in [0.15, 0.2) is 0 Å². The molecule has 2 aliphatic carbocycles. The van der Waals surface area contributed by atoms with Gasteiger partial charge >= 0.3 is 0 Å². The standard InChI is InChI=1S/C13H24FN/c1-12(2,14)11(9-13(15)7-8-13)10-5-3-4-6-10/h10-11H,3-9,15H2,1-2H3. The van der Waals surface area contributed by atoms with Gasteiger partial charge in [-0.3, -0.25) is 0 Å². The van der Waals surface area contributed by atoms with Crippen LogP contribution in [0.1, 0.15) is 58.8 Å². The fourth-order valence-corrected chi connectivity index (χ4v) is 3.13. The van der Waals surface area contributed by atoms with E-state index in [1.807, 2.05) is 0 Å². The third kappa shape index (κ3) is 2.72. The van der Waals surface area contributed by atoms with E-state index in [9.17, 15) is 4.39 Å². The molecule has 0 spiro atoms. The zero-order valence-electron chi connectivity index (χ0n) is 10.1. The van der Waals surface area contributed by atoms with E-state index in [0.717, 1.165) is 19.3 Å². The van der Waals surface area contributed by atoms with E-state index in [1.54, 1.807) is 13.8 Å². The van der Waals surface area contributed by atoms with Crippen molar-refractivity contribution in [1.82, 2.24) is 0 Å². The Morgan fingerprint density at radius 1 is 1.33 bits per heavy atom. The predicted molar refractivity (Wildman–Crippen MR) is 61.4 cm³/mol. The Hall–Kier alpha value is -0.110. The van der Waals surface area contributed by atoms with Gasteiger partial charge in [-0.1, -0.05) is 25.7 Å². The molecule has 1 nitrogen and oxygen atoms in total. The van der Waals surface area contributed by atoms with Crippen molar-refractivity contribution in [2.75, 3.05) is 0 Å². The molecule has 0 bridgehead atoms. The Balaban J connectivity index is 2.01. The van der Waals surface area contributed by atoms with Crippen molar-refractivity contribution < 1.29 is 4.39 Å². The summed E-state index contributed by atoms with van der Waals surface area (Å²) in [6.45, 7) is 3.48. The Bertz CT molecular complexity index is 221. The van der Waals surface area contributed by atoms with Crippen LogP contribution >= 0.6 is 0 Å². The number of hydrogen-bond donors (Lipinski definition) is 1. The lowest BCUT2D eigenvalue weighted by Gasteiger charge is -2.34. The Morgan fingerprint density at radius 2 is 1.87 bits per heavy atom. The maximum Gasteiger partial charge on any atom is 0.108 e. The lowest BCUT2D eigenvalue weighted by atomic mass is 9.76. The summed E-state index contributed by atoms with van der Waals surface area (Å²) in [6, 6.07) is 0. The molecule has 88 valence electrons. The average Bonchev–Trinajstić information content (AvgIpc) is 2.67. The maximum atomic E-state index is 14.2. The van der Waals surface area contributed by atoms with Crippen LogP contribution in [0.5, 0.6) is 0 Å². The van der Waals surface area contributed by atoms with E-state index < -0.39 is 5.67 Å². The minimum Gasteiger partial charge on any atom is -0.325 e. The predicted octanol–water partition coefficient (Wildman–Crippen LogP) is 3.42. The van der Waals surface area contributed by atoms with Crippen LogP contribution in [0.2, 0.25) is 0 Å². The number of halogens is 1. The van der Waals surface area contributed by atoms with Gasteiger partial charge in [0, 0.05) is 5.54 Å². The summed E-state index contributed by atoms with van der Waals surface area (Å²) in [6.07, 6.45) is 8.12. The lowest BCUT2D eigenvalue weighted by molar-refractivity contribution is 0.0656. The smallest absolute Gasteiger partial charge is 0.108 e. The molecule has 2 heteroatoms. The summed E-state index contributed by atoms with van der Waals surface area (Å²) in [5, 5.41) is 0. The number of alkyl halides is 1. The van der Waals surface area contributed by atoms with Crippen molar-refractivity contribution >= 4 is 0 Å². The highest BCUT2D eigenvalue weighted by molar-refractivity contribution is 5.03. The van der Waals surface area contributed by atoms with E-state index in [4.69, 9.17) is 5.73 Å². The molecule has 15 heavy (non-hydrogen) atoms. The molecule has 0 radical (unpaired) electrons. The average molecular weight is 213 g/mol. The summed E-state index contributed by atoms with van der Waals surface area (Å²) in [4.78, 5) is 0. The molecule has 0 aromatic rings. The van der Waals surface area contributed by atoms with Gasteiger partial charge in [-0.05, 0) is 44.9 Å². The molecular formula is C13H24FN. The van der Waals surface area contributed by atoms with Crippen molar-refractivity contribution in [3.05, 3.63) is 0 Å². The first-order valence-corrected chi connectivity index (χ1v) is 6.39. The van der Waals surface area contributed by atoms with E-state index in [0.29, 0.717) is 5.92 Å². The molecule has 0 heterocycles.